The molecule has 0 saturated heterocycles. The molecule has 0 heterocycles. The topological polar surface area (TPSA) is 20.2 Å². The standard InChI is InChI=1S/C30H50O/c1-19-11-14-27(5)17-18-29(7)21(25(27)20(19)2)9-10-23-28(6)15-13-24(31)26(3,4)22(28)12-16-30(23,29)8/h9,19-20,22-25,31H,10-18H2,1-8H3/t19-,20-,22+,23-,24-,25-,27-,28-,29-,30-/m1/s1. The van der Waals surface area contributed by atoms with E-state index < -0.39 is 0 Å². The van der Waals surface area contributed by atoms with Crippen molar-refractivity contribution < 1.29 is 5.11 Å². The fourth-order valence-corrected chi connectivity index (χ4v) is 10.8. The Morgan fingerprint density at radius 1 is 0.806 bits per heavy atom. The number of allylic oxidation sites excluding steroid dienone is 2. The molecule has 0 amide bonds. The second-order valence-corrected chi connectivity index (χ2v) is 14.7. The van der Waals surface area contributed by atoms with Gasteiger partial charge >= 0.3 is 0 Å². The lowest BCUT2D eigenvalue weighted by atomic mass is 9.33. The van der Waals surface area contributed by atoms with E-state index in [1.165, 1.54) is 51.4 Å². The highest BCUT2D eigenvalue weighted by atomic mass is 16.3. The molecule has 5 aliphatic rings. The van der Waals surface area contributed by atoms with E-state index in [1.807, 2.05) is 5.57 Å². The SMILES string of the molecule is C[C@@H]1[C@H](C)CC[C@]2(C)CC[C@]3(C)C(=CC[C@@H]4[C@]5(C)CC[C@@H](O)C(C)(C)[C@@H]5CC[C@]43C)[C@@H]12. The van der Waals surface area contributed by atoms with Crippen molar-refractivity contribution in [2.45, 2.75) is 119 Å². The average molecular weight is 427 g/mol. The summed E-state index contributed by atoms with van der Waals surface area (Å²) < 4.78 is 0. The summed E-state index contributed by atoms with van der Waals surface area (Å²) >= 11 is 0. The van der Waals surface area contributed by atoms with Crippen LogP contribution in [0.2, 0.25) is 0 Å². The molecular weight excluding hydrogens is 376 g/mol. The summed E-state index contributed by atoms with van der Waals surface area (Å²) in [6, 6.07) is 0. The highest BCUT2D eigenvalue weighted by Gasteiger charge is 2.67. The molecule has 4 fully saturated rings. The van der Waals surface area contributed by atoms with Gasteiger partial charge in [-0.1, -0.05) is 67.0 Å². The van der Waals surface area contributed by atoms with Gasteiger partial charge in [-0.2, -0.15) is 0 Å². The van der Waals surface area contributed by atoms with Gasteiger partial charge in [0.25, 0.3) is 0 Å². The van der Waals surface area contributed by atoms with E-state index in [2.05, 4.69) is 61.5 Å². The Labute approximate surface area is 192 Å². The summed E-state index contributed by atoms with van der Waals surface area (Å²) in [5.41, 5.74) is 3.60. The van der Waals surface area contributed by atoms with Gasteiger partial charge in [0.2, 0.25) is 0 Å². The third-order valence-electron chi connectivity index (χ3n) is 13.4. The Kier molecular flexibility index (Phi) is 4.82. The van der Waals surface area contributed by atoms with Gasteiger partial charge in [-0.05, 0) is 114 Å². The largest absolute Gasteiger partial charge is 0.393 e. The lowest BCUT2D eigenvalue weighted by Gasteiger charge is -2.71. The average Bonchev–Trinajstić information content (AvgIpc) is 2.69. The first-order valence-corrected chi connectivity index (χ1v) is 13.7. The van der Waals surface area contributed by atoms with Gasteiger partial charge in [0, 0.05) is 0 Å². The summed E-state index contributed by atoms with van der Waals surface area (Å²) in [5.74, 6) is 3.90. The normalized spacial score (nSPS) is 58.3. The first-order valence-electron chi connectivity index (χ1n) is 13.7. The van der Waals surface area contributed by atoms with Gasteiger partial charge in [-0.15, -0.1) is 0 Å². The van der Waals surface area contributed by atoms with Crippen LogP contribution in [0.3, 0.4) is 0 Å². The number of hydrogen-bond acceptors (Lipinski definition) is 1. The fraction of sp³-hybridized carbons (Fsp3) is 0.933. The molecule has 0 unspecified atom stereocenters. The number of rotatable bonds is 0. The summed E-state index contributed by atoms with van der Waals surface area (Å²) in [5, 5.41) is 10.9. The van der Waals surface area contributed by atoms with Crippen molar-refractivity contribution in [2.75, 3.05) is 0 Å². The van der Waals surface area contributed by atoms with Crippen molar-refractivity contribution in [1.29, 1.82) is 0 Å². The maximum Gasteiger partial charge on any atom is 0.0594 e. The molecule has 0 aromatic rings. The van der Waals surface area contributed by atoms with Crippen LogP contribution in [-0.4, -0.2) is 11.2 Å². The smallest absolute Gasteiger partial charge is 0.0594 e. The summed E-state index contributed by atoms with van der Waals surface area (Å²) in [6.45, 7) is 20.5. The Morgan fingerprint density at radius 2 is 1.52 bits per heavy atom. The van der Waals surface area contributed by atoms with Gasteiger partial charge in [-0.25, -0.2) is 0 Å². The van der Waals surface area contributed by atoms with Crippen LogP contribution in [0.5, 0.6) is 0 Å². The first-order chi connectivity index (χ1) is 14.3. The monoisotopic (exact) mass is 426 g/mol. The van der Waals surface area contributed by atoms with E-state index in [-0.39, 0.29) is 11.5 Å². The van der Waals surface area contributed by atoms with Crippen LogP contribution in [-0.2, 0) is 0 Å². The van der Waals surface area contributed by atoms with E-state index in [0.29, 0.717) is 27.6 Å². The number of fused-ring (bicyclic) bond motifs is 7. The zero-order chi connectivity index (χ0) is 22.6. The van der Waals surface area contributed by atoms with Crippen molar-refractivity contribution in [3.05, 3.63) is 11.6 Å². The minimum absolute atomic E-state index is 0.0533. The summed E-state index contributed by atoms with van der Waals surface area (Å²) in [4.78, 5) is 0. The molecule has 0 spiro atoms. The number of aliphatic hydroxyl groups excluding tert-OH is 1. The van der Waals surface area contributed by atoms with Crippen molar-refractivity contribution in [2.24, 2.45) is 56.7 Å². The van der Waals surface area contributed by atoms with Crippen LogP contribution >= 0.6 is 0 Å². The van der Waals surface area contributed by atoms with Crippen molar-refractivity contribution in [3.8, 4) is 0 Å². The van der Waals surface area contributed by atoms with Crippen molar-refractivity contribution >= 4 is 0 Å². The Morgan fingerprint density at radius 3 is 2.23 bits per heavy atom. The van der Waals surface area contributed by atoms with E-state index in [0.717, 1.165) is 30.1 Å². The minimum Gasteiger partial charge on any atom is -0.393 e. The van der Waals surface area contributed by atoms with Gasteiger partial charge < -0.3 is 5.11 Å². The highest BCUT2D eigenvalue weighted by molar-refractivity contribution is 5.33. The van der Waals surface area contributed by atoms with Crippen molar-refractivity contribution in [1.82, 2.24) is 0 Å². The summed E-state index contributed by atoms with van der Waals surface area (Å²) in [6.07, 6.45) is 14.5. The van der Waals surface area contributed by atoms with Crippen LogP contribution in [0.4, 0.5) is 0 Å². The molecule has 31 heavy (non-hydrogen) atoms. The van der Waals surface area contributed by atoms with E-state index in [9.17, 15) is 5.11 Å². The Bertz CT molecular complexity index is 779. The molecule has 1 heteroatoms. The molecule has 5 rings (SSSR count). The lowest BCUT2D eigenvalue weighted by molar-refractivity contribution is -0.203. The van der Waals surface area contributed by atoms with Crippen LogP contribution in [0.1, 0.15) is 113 Å². The van der Waals surface area contributed by atoms with Crippen LogP contribution in [0.25, 0.3) is 0 Å². The van der Waals surface area contributed by atoms with E-state index in [1.54, 1.807) is 0 Å². The third kappa shape index (κ3) is 2.65. The lowest BCUT2D eigenvalue weighted by Crippen LogP contribution is -2.64. The number of aliphatic hydroxyl groups is 1. The molecule has 0 radical (unpaired) electrons. The molecule has 1 N–H and O–H groups in total. The molecule has 4 saturated carbocycles. The molecule has 0 bridgehead atoms. The van der Waals surface area contributed by atoms with Crippen LogP contribution in [0.15, 0.2) is 11.6 Å². The van der Waals surface area contributed by atoms with Gasteiger partial charge in [0.1, 0.15) is 0 Å². The zero-order valence-corrected chi connectivity index (χ0v) is 21.9. The van der Waals surface area contributed by atoms with Gasteiger partial charge in [0.05, 0.1) is 6.10 Å². The quantitative estimate of drug-likeness (QED) is 0.389. The molecule has 0 aliphatic heterocycles. The molecule has 176 valence electrons. The Balaban J connectivity index is 1.59. The van der Waals surface area contributed by atoms with Crippen LogP contribution < -0.4 is 0 Å². The zero-order valence-electron chi connectivity index (χ0n) is 21.9. The fourth-order valence-electron chi connectivity index (χ4n) is 10.8. The predicted octanol–water partition coefficient (Wildman–Crippen LogP) is 8.02. The van der Waals surface area contributed by atoms with E-state index >= 15 is 0 Å². The van der Waals surface area contributed by atoms with Crippen LogP contribution in [0, 0.1) is 56.7 Å². The molecule has 0 aromatic carbocycles. The maximum absolute atomic E-state index is 10.9. The van der Waals surface area contributed by atoms with Crippen molar-refractivity contribution in [3.63, 3.8) is 0 Å². The van der Waals surface area contributed by atoms with E-state index in [4.69, 9.17) is 0 Å². The second-order valence-electron chi connectivity index (χ2n) is 14.7. The third-order valence-corrected chi connectivity index (χ3v) is 13.4. The Hall–Kier alpha value is -0.300. The predicted molar refractivity (Wildman–Crippen MR) is 131 cm³/mol. The highest BCUT2D eigenvalue weighted by Crippen LogP contribution is 2.75. The summed E-state index contributed by atoms with van der Waals surface area (Å²) in [7, 11) is 0. The van der Waals surface area contributed by atoms with Gasteiger partial charge in [-0.3, -0.25) is 0 Å². The van der Waals surface area contributed by atoms with Gasteiger partial charge in [0.15, 0.2) is 0 Å². The molecule has 10 atom stereocenters. The molecule has 0 aromatic heterocycles. The molecule has 1 nitrogen and oxygen atoms in total. The molecule has 5 aliphatic carbocycles. The maximum atomic E-state index is 10.9. The molecular formula is C30H50O. The second kappa shape index (κ2) is 6.64. The minimum atomic E-state index is -0.125. The number of hydrogen-bond donors (Lipinski definition) is 1. The first kappa shape index (κ1) is 22.5.